The van der Waals surface area contributed by atoms with E-state index in [0.29, 0.717) is 24.0 Å². The number of carbonyl (C=O) groups is 2. The summed E-state index contributed by atoms with van der Waals surface area (Å²) in [5.41, 5.74) is 5.65. The highest BCUT2D eigenvalue weighted by Crippen LogP contribution is 2.12. The molecule has 0 heterocycles. The van der Waals surface area contributed by atoms with Crippen molar-refractivity contribution >= 4 is 35.6 Å². The van der Waals surface area contributed by atoms with Gasteiger partial charge < -0.3 is 0 Å². The zero-order chi connectivity index (χ0) is 24.8. The van der Waals surface area contributed by atoms with Gasteiger partial charge in [-0.25, -0.2) is 10.9 Å². The molecule has 0 radical (unpaired) electrons. The van der Waals surface area contributed by atoms with Crippen LogP contribution < -0.4 is 10.9 Å². The Kier molecular flexibility index (Phi) is 10.5. The van der Waals surface area contributed by atoms with E-state index in [0.717, 1.165) is 12.8 Å². The van der Waals surface area contributed by atoms with Gasteiger partial charge in [-0.2, -0.15) is 10.2 Å². The molecule has 0 fully saturated rings. The summed E-state index contributed by atoms with van der Waals surface area (Å²) >= 11 is 0. The van der Waals surface area contributed by atoms with Crippen molar-refractivity contribution in [3.8, 4) is 0 Å². The first-order valence-electron chi connectivity index (χ1n) is 10.5. The van der Waals surface area contributed by atoms with Crippen LogP contribution in [-0.4, -0.2) is 34.1 Å². The lowest BCUT2D eigenvalue weighted by Crippen LogP contribution is -2.17. The summed E-state index contributed by atoms with van der Waals surface area (Å²) in [5, 5.41) is 29.1. The molecule has 2 rings (SSSR count). The Balaban J connectivity index is 1.56. The molecule has 0 aliphatic carbocycles. The average Bonchev–Trinajstić information content (AvgIpc) is 2.81. The van der Waals surface area contributed by atoms with E-state index in [1.165, 1.54) is 48.8 Å². The molecule has 178 valence electrons. The van der Waals surface area contributed by atoms with E-state index in [4.69, 9.17) is 0 Å². The summed E-state index contributed by atoms with van der Waals surface area (Å²) in [6, 6.07) is 11.8. The van der Waals surface area contributed by atoms with E-state index >= 15 is 0 Å². The maximum atomic E-state index is 11.8. The van der Waals surface area contributed by atoms with Gasteiger partial charge in [0, 0.05) is 48.2 Å². The fourth-order valence-corrected chi connectivity index (χ4v) is 2.83. The van der Waals surface area contributed by atoms with Crippen molar-refractivity contribution in [3.05, 3.63) is 79.9 Å². The largest absolute Gasteiger partial charge is 0.273 e. The van der Waals surface area contributed by atoms with Crippen molar-refractivity contribution in [2.24, 2.45) is 10.2 Å². The Morgan fingerprint density at radius 2 is 1.15 bits per heavy atom. The Bertz CT molecular complexity index is 1000. The van der Waals surface area contributed by atoms with Crippen LogP contribution in [0.4, 0.5) is 11.4 Å². The minimum atomic E-state index is -0.507. The highest BCUT2D eigenvalue weighted by molar-refractivity contribution is 5.83. The van der Waals surface area contributed by atoms with Crippen LogP contribution in [0.3, 0.4) is 0 Å². The van der Waals surface area contributed by atoms with E-state index in [2.05, 4.69) is 21.1 Å². The van der Waals surface area contributed by atoms with E-state index in [1.807, 2.05) is 0 Å². The van der Waals surface area contributed by atoms with Crippen molar-refractivity contribution in [2.75, 3.05) is 0 Å². The standard InChI is InChI=1S/C22H24N6O6/c29-21(25-23-15-17-7-5-9-19(13-17)27(31)32)11-3-1-2-4-12-22(30)26-24-16-18-8-6-10-20(14-18)28(33)34/h5-10,13-16H,1-4,11-12H2,(H,25,29)(H,26,30)/b23-15-,24-16-. The van der Waals surface area contributed by atoms with Gasteiger partial charge >= 0.3 is 0 Å². The van der Waals surface area contributed by atoms with E-state index < -0.39 is 9.85 Å². The number of hydrogen-bond acceptors (Lipinski definition) is 8. The van der Waals surface area contributed by atoms with Crippen molar-refractivity contribution in [1.82, 2.24) is 10.9 Å². The Labute approximate surface area is 195 Å². The van der Waals surface area contributed by atoms with Crippen molar-refractivity contribution in [2.45, 2.75) is 38.5 Å². The van der Waals surface area contributed by atoms with Gasteiger partial charge in [-0.05, 0) is 12.8 Å². The second kappa shape index (κ2) is 13.8. The van der Waals surface area contributed by atoms with Gasteiger partial charge in [-0.3, -0.25) is 29.8 Å². The van der Waals surface area contributed by atoms with Gasteiger partial charge in [0.25, 0.3) is 11.4 Å². The number of unbranched alkanes of at least 4 members (excludes halogenated alkanes) is 3. The van der Waals surface area contributed by atoms with Crippen molar-refractivity contribution in [3.63, 3.8) is 0 Å². The number of rotatable bonds is 13. The first-order chi connectivity index (χ1) is 16.3. The molecule has 2 amide bonds. The van der Waals surface area contributed by atoms with Crippen LogP contribution in [0.1, 0.15) is 49.7 Å². The number of nitro benzene ring substituents is 2. The van der Waals surface area contributed by atoms with E-state index in [9.17, 15) is 29.8 Å². The fraction of sp³-hybridized carbons (Fsp3) is 0.273. The lowest BCUT2D eigenvalue weighted by atomic mass is 10.1. The molecule has 0 aromatic heterocycles. The number of amides is 2. The van der Waals surface area contributed by atoms with Crippen LogP contribution >= 0.6 is 0 Å². The minimum absolute atomic E-state index is 0.0572. The van der Waals surface area contributed by atoms with Crippen LogP contribution in [0.5, 0.6) is 0 Å². The van der Waals surface area contributed by atoms with Gasteiger partial charge in [0.15, 0.2) is 0 Å². The van der Waals surface area contributed by atoms with Crippen molar-refractivity contribution < 1.29 is 19.4 Å². The number of hydrogen-bond donors (Lipinski definition) is 2. The molecule has 2 aromatic rings. The lowest BCUT2D eigenvalue weighted by Gasteiger charge is -2.02. The maximum absolute atomic E-state index is 11.8. The third-order valence-corrected chi connectivity index (χ3v) is 4.53. The monoisotopic (exact) mass is 468 g/mol. The molecule has 0 atom stereocenters. The predicted octanol–water partition coefficient (Wildman–Crippen LogP) is 3.44. The zero-order valence-electron chi connectivity index (χ0n) is 18.3. The minimum Gasteiger partial charge on any atom is -0.273 e. The van der Waals surface area contributed by atoms with E-state index in [1.54, 1.807) is 12.1 Å². The number of non-ortho nitro benzene ring substituents is 2. The molecule has 2 N–H and O–H groups in total. The van der Waals surface area contributed by atoms with Crippen LogP contribution in [0.2, 0.25) is 0 Å². The zero-order valence-corrected chi connectivity index (χ0v) is 18.3. The number of hydrazone groups is 2. The molecule has 0 bridgehead atoms. The predicted molar refractivity (Wildman–Crippen MR) is 125 cm³/mol. The molecule has 0 aliphatic rings. The number of nitrogens with one attached hydrogen (secondary N) is 2. The molecule has 0 unspecified atom stereocenters. The van der Waals surface area contributed by atoms with Gasteiger partial charge in [-0.15, -0.1) is 0 Å². The molecule has 34 heavy (non-hydrogen) atoms. The number of carbonyl (C=O) groups excluding carboxylic acids is 2. The Morgan fingerprint density at radius 3 is 1.53 bits per heavy atom. The van der Waals surface area contributed by atoms with E-state index in [-0.39, 0.29) is 36.0 Å². The number of benzene rings is 2. The lowest BCUT2D eigenvalue weighted by molar-refractivity contribution is -0.385. The Morgan fingerprint density at radius 1 is 0.735 bits per heavy atom. The number of nitro groups is 2. The maximum Gasteiger partial charge on any atom is 0.270 e. The topological polar surface area (TPSA) is 169 Å². The molecular weight excluding hydrogens is 444 g/mol. The molecule has 0 aliphatic heterocycles. The highest BCUT2D eigenvalue weighted by atomic mass is 16.6. The van der Waals surface area contributed by atoms with Gasteiger partial charge in [0.1, 0.15) is 0 Å². The summed E-state index contributed by atoms with van der Waals surface area (Å²) in [6.07, 6.45) is 5.99. The molecular formula is C22H24N6O6. The van der Waals surface area contributed by atoms with Gasteiger partial charge in [0.05, 0.1) is 22.3 Å². The number of nitrogens with zero attached hydrogens (tertiary/aromatic N) is 4. The third-order valence-electron chi connectivity index (χ3n) is 4.53. The summed E-state index contributed by atoms with van der Waals surface area (Å²) in [4.78, 5) is 44.0. The van der Waals surface area contributed by atoms with Crippen LogP contribution in [0, 0.1) is 20.2 Å². The first-order valence-corrected chi connectivity index (χ1v) is 10.5. The first kappa shape index (κ1) is 25.8. The fourth-order valence-electron chi connectivity index (χ4n) is 2.83. The summed E-state index contributed by atoms with van der Waals surface area (Å²) in [6.45, 7) is 0. The highest BCUT2D eigenvalue weighted by Gasteiger charge is 2.06. The summed E-state index contributed by atoms with van der Waals surface area (Å²) < 4.78 is 0. The summed E-state index contributed by atoms with van der Waals surface area (Å²) in [7, 11) is 0. The van der Waals surface area contributed by atoms with Crippen molar-refractivity contribution in [1.29, 1.82) is 0 Å². The Hall–Kier alpha value is -4.48. The second-order valence-corrected chi connectivity index (χ2v) is 7.20. The quantitative estimate of drug-likeness (QED) is 0.197. The van der Waals surface area contributed by atoms with Crippen LogP contribution in [0.25, 0.3) is 0 Å². The molecule has 2 aromatic carbocycles. The van der Waals surface area contributed by atoms with Gasteiger partial charge in [0.2, 0.25) is 11.8 Å². The van der Waals surface area contributed by atoms with Crippen LogP contribution in [-0.2, 0) is 9.59 Å². The second-order valence-electron chi connectivity index (χ2n) is 7.20. The molecule has 0 spiro atoms. The van der Waals surface area contributed by atoms with Crippen LogP contribution in [0.15, 0.2) is 58.7 Å². The molecule has 0 saturated carbocycles. The molecule has 12 nitrogen and oxygen atoms in total. The average molecular weight is 468 g/mol. The third kappa shape index (κ3) is 9.77. The smallest absolute Gasteiger partial charge is 0.270 e. The normalized spacial score (nSPS) is 10.9. The summed E-state index contributed by atoms with van der Waals surface area (Å²) in [5.74, 6) is -0.537. The van der Waals surface area contributed by atoms with Gasteiger partial charge in [-0.1, -0.05) is 37.1 Å². The SMILES string of the molecule is O=C(CCCCCCC(=O)N/N=C\c1cccc([N+](=O)[O-])c1)N/N=C\c1cccc([N+](=O)[O-])c1. The molecule has 12 heteroatoms. The molecule has 0 saturated heterocycles.